The standard InChI is InChI=1S/C18H15O4P/c19-13-7-1-4-10-16(13)23(22,17-11-5-2-8-14(17)20)18-12-6-3-9-15(18)21/h1-12,19-21H. The largest absolute Gasteiger partial charge is 0.507 e. The first-order valence-corrected chi connectivity index (χ1v) is 8.71. The van der Waals surface area contributed by atoms with E-state index in [4.69, 9.17) is 0 Å². The summed E-state index contributed by atoms with van der Waals surface area (Å²) in [6.45, 7) is 0. The van der Waals surface area contributed by atoms with Gasteiger partial charge in [0.2, 0.25) is 0 Å². The molecule has 4 nitrogen and oxygen atoms in total. The number of phenolic OH excluding ortho intramolecular Hbond substituents is 3. The molecule has 0 fully saturated rings. The van der Waals surface area contributed by atoms with E-state index in [1.807, 2.05) is 0 Å². The van der Waals surface area contributed by atoms with Crippen molar-refractivity contribution in [2.24, 2.45) is 0 Å². The highest BCUT2D eigenvalue weighted by molar-refractivity contribution is 7.85. The van der Waals surface area contributed by atoms with E-state index in [0.29, 0.717) is 0 Å². The highest BCUT2D eigenvalue weighted by atomic mass is 31.2. The first-order chi connectivity index (χ1) is 11.0. The number of para-hydroxylation sites is 3. The Labute approximate surface area is 133 Å². The lowest BCUT2D eigenvalue weighted by atomic mass is 10.3. The van der Waals surface area contributed by atoms with Gasteiger partial charge in [0.15, 0.2) is 7.14 Å². The first-order valence-electron chi connectivity index (χ1n) is 7.01. The monoisotopic (exact) mass is 326 g/mol. The minimum Gasteiger partial charge on any atom is -0.507 e. The van der Waals surface area contributed by atoms with Crippen LogP contribution in [0.1, 0.15) is 0 Å². The minimum absolute atomic E-state index is 0.151. The molecule has 0 aliphatic rings. The fourth-order valence-electron chi connectivity index (χ4n) is 2.58. The molecule has 0 atom stereocenters. The van der Waals surface area contributed by atoms with Crippen LogP contribution in [0.4, 0.5) is 0 Å². The quantitative estimate of drug-likeness (QED) is 0.646. The van der Waals surface area contributed by atoms with Gasteiger partial charge < -0.3 is 19.9 Å². The maximum absolute atomic E-state index is 14.0. The number of benzene rings is 3. The Morgan fingerprint density at radius 1 is 0.522 bits per heavy atom. The van der Waals surface area contributed by atoms with Crippen LogP contribution >= 0.6 is 7.14 Å². The van der Waals surface area contributed by atoms with Gasteiger partial charge in [-0.2, -0.15) is 0 Å². The van der Waals surface area contributed by atoms with E-state index >= 15 is 0 Å². The van der Waals surface area contributed by atoms with Crippen molar-refractivity contribution in [1.29, 1.82) is 0 Å². The molecule has 5 heteroatoms. The van der Waals surface area contributed by atoms with E-state index in [-0.39, 0.29) is 33.2 Å². The summed E-state index contributed by atoms with van der Waals surface area (Å²) in [5.74, 6) is -0.452. The molecule has 23 heavy (non-hydrogen) atoms. The van der Waals surface area contributed by atoms with Gasteiger partial charge in [-0.15, -0.1) is 0 Å². The molecule has 0 spiro atoms. The maximum atomic E-state index is 14.0. The summed E-state index contributed by atoms with van der Waals surface area (Å²) in [5, 5.41) is 31.2. The number of phenols is 3. The van der Waals surface area contributed by atoms with Gasteiger partial charge in [0, 0.05) is 0 Å². The average molecular weight is 326 g/mol. The summed E-state index contributed by atoms with van der Waals surface area (Å²) in [6.07, 6.45) is 0. The summed E-state index contributed by atoms with van der Waals surface area (Å²) < 4.78 is 14.0. The molecular formula is C18H15O4P. The van der Waals surface area contributed by atoms with E-state index in [1.165, 1.54) is 36.4 Å². The molecular weight excluding hydrogens is 311 g/mol. The average Bonchev–Trinajstić information content (AvgIpc) is 2.55. The topological polar surface area (TPSA) is 77.8 Å². The molecule has 0 unspecified atom stereocenters. The molecule has 0 aliphatic heterocycles. The second kappa shape index (κ2) is 5.82. The van der Waals surface area contributed by atoms with Crippen molar-refractivity contribution >= 4 is 23.1 Å². The summed E-state index contributed by atoms with van der Waals surface area (Å²) in [4.78, 5) is 0. The second-order valence-electron chi connectivity index (χ2n) is 5.08. The summed E-state index contributed by atoms with van der Waals surface area (Å²) in [6, 6.07) is 18.7. The van der Waals surface area contributed by atoms with Crippen molar-refractivity contribution in [2.75, 3.05) is 0 Å². The SMILES string of the molecule is O=P(c1ccccc1O)(c1ccccc1O)c1ccccc1O. The van der Waals surface area contributed by atoms with Gasteiger partial charge in [-0.3, -0.25) is 0 Å². The van der Waals surface area contributed by atoms with Gasteiger partial charge >= 0.3 is 0 Å². The zero-order valence-corrected chi connectivity index (χ0v) is 13.0. The van der Waals surface area contributed by atoms with Gasteiger partial charge in [0.25, 0.3) is 0 Å². The van der Waals surface area contributed by atoms with E-state index in [9.17, 15) is 19.9 Å². The van der Waals surface area contributed by atoms with Crippen LogP contribution < -0.4 is 15.9 Å². The van der Waals surface area contributed by atoms with Gasteiger partial charge in [0.1, 0.15) is 17.2 Å². The lowest BCUT2D eigenvalue weighted by Gasteiger charge is -2.22. The van der Waals surface area contributed by atoms with Crippen LogP contribution in [0.25, 0.3) is 0 Å². The smallest absolute Gasteiger partial charge is 0.181 e. The van der Waals surface area contributed by atoms with Gasteiger partial charge in [0.05, 0.1) is 15.9 Å². The molecule has 0 bridgehead atoms. The van der Waals surface area contributed by atoms with Crippen LogP contribution in [0.15, 0.2) is 72.8 Å². The number of aromatic hydroxyl groups is 3. The Morgan fingerprint density at radius 3 is 1.04 bits per heavy atom. The van der Waals surface area contributed by atoms with Crippen LogP contribution in [0.2, 0.25) is 0 Å². The molecule has 0 radical (unpaired) electrons. The van der Waals surface area contributed by atoms with Crippen molar-refractivity contribution < 1.29 is 19.9 Å². The van der Waals surface area contributed by atoms with Crippen LogP contribution in [-0.4, -0.2) is 15.3 Å². The highest BCUT2D eigenvalue weighted by Crippen LogP contribution is 2.48. The van der Waals surface area contributed by atoms with Crippen LogP contribution in [0.5, 0.6) is 17.2 Å². The minimum atomic E-state index is -3.64. The maximum Gasteiger partial charge on any atom is 0.181 e. The van der Waals surface area contributed by atoms with Crippen molar-refractivity contribution in [1.82, 2.24) is 0 Å². The first kappa shape index (κ1) is 15.2. The van der Waals surface area contributed by atoms with Crippen molar-refractivity contribution in [2.45, 2.75) is 0 Å². The Hall–Kier alpha value is -2.71. The van der Waals surface area contributed by atoms with Gasteiger partial charge in [-0.25, -0.2) is 0 Å². The molecule has 0 heterocycles. The molecule has 0 saturated carbocycles. The number of hydrogen-bond acceptors (Lipinski definition) is 4. The molecule has 0 amide bonds. The molecule has 3 aromatic rings. The van der Waals surface area contributed by atoms with Gasteiger partial charge in [-0.1, -0.05) is 36.4 Å². The van der Waals surface area contributed by atoms with Crippen molar-refractivity contribution in [3.8, 4) is 17.2 Å². The molecule has 0 saturated heterocycles. The van der Waals surface area contributed by atoms with E-state index in [2.05, 4.69) is 0 Å². The fraction of sp³-hybridized carbons (Fsp3) is 0. The Morgan fingerprint density at radius 2 is 0.783 bits per heavy atom. The third-order valence-corrected chi connectivity index (χ3v) is 6.83. The van der Waals surface area contributed by atoms with Crippen molar-refractivity contribution in [3.05, 3.63) is 72.8 Å². The Bertz CT molecular complexity index is 787. The molecule has 0 aliphatic carbocycles. The van der Waals surface area contributed by atoms with E-state index in [1.54, 1.807) is 36.4 Å². The lowest BCUT2D eigenvalue weighted by molar-refractivity contribution is 0.476. The lowest BCUT2D eigenvalue weighted by Crippen LogP contribution is -2.25. The van der Waals surface area contributed by atoms with E-state index < -0.39 is 7.14 Å². The molecule has 3 aromatic carbocycles. The van der Waals surface area contributed by atoms with Crippen LogP contribution in [0, 0.1) is 0 Å². The predicted octanol–water partition coefficient (Wildman–Crippen LogP) is 2.44. The van der Waals surface area contributed by atoms with Crippen molar-refractivity contribution in [3.63, 3.8) is 0 Å². The number of rotatable bonds is 3. The van der Waals surface area contributed by atoms with Crippen LogP contribution in [-0.2, 0) is 4.57 Å². The Kier molecular flexibility index (Phi) is 3.85. The third kappa shape index (κ3) is 2.47. The fourth-order valence-corrected chi connectivity index (χ4v) is 5.44. The van der Waals surface area contributed by atoms with E-state index in [0.717, 1.165) is 0 Å². The number of hydrogen-bond donors (Lipinski definition) is 3. The highest BCUT2D eigenvalue weighted by Gasteiger charge is 2.36. The summed E-state index contributed by atoms with van der Waals surface area (Å²) in [5.41, 5.74) is 0. The molecule has 3 rings (SSSR count). The third-order valence-electron chi connectivity index (χ3n) is 3.66. The predicted molar refractivity (Wildman–Crippen MR) is 90.8 cm³/mol. The van der Waals surface area contributed by atoms with Crippen LogP contribution in [0.3, 0.4) is 0 Å². The summed E-state index contributed by atoms with van der Waals surface area (Å²) in [7, 11) is -3.64. The van der Waals surface area contributed by atoms with Gasteiger partial charge in [-0.05, 0) is 36.4 Å². The zero-order chi connectivity index (χ0) is 16.4. The summed E-state index contributed by atoms with van der Waals surface area (Å²) >= 11 is 0. The molecule has 0 aromatic heterocycles. The zero-order valence-electron chi connectivity index (χ0n) is 12.1. The second-order valence-corrected chi connectivity index (χ2v) is 7.74. The molecule has 116 valence electrons. The molecule has 3 N–H and O–H groups in total. The Balaban J connectivity index is 2.41. The normalized spacial score (nSPS) is 11.3.